The van der Waals surface area contributed by atoms with Crippen molar-refractivity contribution < 1.29 is 19.4 Å². The van der Waals surface area contributed by atoms with Crippen molar-refractivity contribution in [2.75, 3.05) is 5.73 Å². The van der Waals surface area contributed by atoms with E-state index in [9.17, 15) is 14.7 Å². The number of aliphatic imine (C=N–C) groups is 1. The van der Waals surface area contributed by atoms with Crippen LogP contribution in [0, 0.1) is 5.92 Å². The van der Waals surface area contributed by atoms with Crippen LogP contribution in [0.15, 0.2) is 35.6 Å². The van der Waals surface area contributed by atoms with Crippen LogP contribution in [0.5, 0.6) is 5.88 Å². The van der Waals surface area contributed by atoms with Gasteiger partial charge in [0.1, 0.15) is 17.5 Å². The summed E-state index contributed by atoms with van der Waals surface area (Å²) in [5.41, 5.74) is 7.40. The molecule has 34 heavy (non-hydrogen) atoms. The van der Waals surface area contributed by atoms with E-state index in [1.165, 1.54) is 25.7 Å². The molecule has 1 amide bonds. The number of amides is 1. The number of carbonyl (C=O) groups is 2. The second-order valence-electron chi connectivity index (χ2n) is 10.1. The summed E-state index contributed by atoms with van der Waals surface area (Å²) in [5.74, 6) is -0.358. The van der Waals surface area contributed by atoms with E-state index >= 15 is 0 Å². The molecule has 1 fully saturated rings. The number of benzene rings is 1. The Hall–Kier alpha value is -3.49. The highest BCUT2D eigenvalue weighted by molar-refractivity contribution is 6.09. The molecule has 0 spiro atoms. The Labute approximate surface area is 198 Å². The zero-order chi connectivity index (χ0) is 24.7. The van der Waals surface area contributed by atoms with Gasteiger partial charge in [-0.1, -0.05) is 24.3 Å². The van der Waals surface area contributed by atoms with Gasteiger partial charge in [0.25, 0.3) is 0 Å². The first-order valence-corrected chi connectivity index (χ1v) is 11.5. The smallest absolute Gasteiger partial charge is 0.328 e. The molecule has 1 aliphatic heterocycles. The number of ether oxygens (including phenoxy) is 1. The van der Waals surface area contributed by atoms with E-state index < -0.39 is 17.1 Å². The van der Waals surface area contributed by atoms with Gasteiger partial charge >= 0.3 is 5.97 Å². The summed E-state index contributed by atoms with van der Waals surface area (Å²) < 4.78 is 6.06. The van der Waals surface area contributed by atoms with E-state index in [2.05, 4.69) is 27.4 Å². The highest BCUT2D eigenvalue weighted by Crippen LogP contribution is 2.40. The fourth-order valence-corrected chi connectivity index (χ4v) is 4.57. The van der Waals surface area contributed by atoms with E-state index in [4.69, 9.17) is 15.5 Å². The van der Waals surface area contributed by atoms with E-state index in [-0.39, 0.29) is 17.6 Å². The standard InChI is InChI=1S/C25H31N5O4/c1-24(2,23(32)33)30-21(31)17-11-7-15(8-12-17)14-5-9-16(10-6-14)19-25(3,4)34-22-18(29-19)20(26)27-13-28-22/h5-6,9-10,13,15,17H,7-8,11-12H2,1-4H3,(H,30,31)(H,32,33)(H2,26,27,28). The Morgan fingerprint density at radius 2 is 1.76 bits per heavy atom. The lowest BCUT2D eigenvalue weighted by molar-refractivity contribution is -0.146. The lowest BCUT2D eigenvalue weighted by Gasteiger charge is -2.32. The van der Waals surface area contributed by atoms with E-state index in [1.807, 2.05) is 26.0 Å². The molecule has 0 saturated heterocycles. The highest BCUT2D eigenvalue weighted by atomic mass is 16.5. The van der Waals surface area contributed by atoms with Crippen LogP contribution in [0.4, 0.5) is 11.5 Å². The highest BCUT2D eigenvalue weighted by Gasteiger charge is 2.36. The predicted molar refractivity (Wildman–Crippen MR) is 128 cm³/mol. The van der Waals surface area contributed by atoms with Crippen molar-refractivity contribution in [3.05, 3.63) is 41.7 Å². The Morgan fingerprint density at radius 3 is 2.38 bits per heavy atom. The van der Waals surface area contributed by atoms with Gasteiger partial charge in [0.2, 0.25) is 11.8 Å². The number of aromatic nitrogens is 2. The molecule has 2 aliphatic rings. The molecule has 0 atom stereocenters. The van der Waals surface area contributed by atoms with Gasteiger partial charge in [0, 0.05) is 11.5 Å². The number of fused-ring (bicyclic) bond motifs is 1. The topological polar surface area (TPSA) is 140 Å². The average Bonchev–Trinajstić information content (AvgIpc) is 2.78. The molecule has 1 aliphatic carbocycles. The summed E-state index contributed by atoms with van der Waals surface area (Å²) in [6.45, 7) is 6.89. The minimum atomic E-state index is -1.26. The maximum Gasteiger partial charge on any atom is 0.328 e. The third kappa shape index (κ3) is 4.60. The summed E-state index contributed by atoms with van der Waals surface area (Å²) >= 11 is 0. The Balaban J connectivity index is 1.45. The van der Waals surface area contributed by atoms with Gasteiger partial charge in [-0.05, 0) is 64.9 Å². The number of carboxylic acids is 1. The third-order valence-electron chi connectivity index (χ3n) is 6.69. The first-order chi connectivity index (χ1) is 16.0. The third-order valence-corrected chi connectivity index (χ3v) is 6.69. The molecule has 4 rings (SSSR count). The molecule has 2 aromatic rings. The number of aliphatic carboxylic acids is 1. The SMILES string of the molecule is CC(C)(NC(=O)C1CCC(c2ccc(C3=Nc4c(N)ncnc4OC3(C)C)cc2)CC1)C(=O)O. The second-order valence-corrected chi connectivity index (χ2v) is 10.1. The van der Waals surface area contributed by atoms with Crippen molar-refractivity contribution in [1.82, 2.24) is 15.3 Å². The fourth-order valence-electron chi connectivity index (χ4n) is 4.57. The summed E-state index contributed by atoms with van der Waals surface area (Å²) in [7, 11) is 0. The summed E-state index contributed by atoms with van der Waals surface area (Å²) in [6.07, 6.45) is 4.59. The van der Waals surface area contributed by atoms with Crippen molar-refractivity contribution in [1.29, 1.82) is 0 Å². The van der Waals surface area contributed by atoms with Gasteiger partial charge in [-0.15, -0.1) is 0 Å². The van der Waals surface area contributed by atoms with Crippen molar-refractivity contribution in [3.8, 4) is 5.88 Å². The monoisotopic (exact) mass is 465 g/mol. The van der Waals surface area contributed by atoms with Gasteiger partial charge < -0.3 is 20.9 Å². The van der Waals surface area contributed by atoms with Crippen LogP contribution in [0.3, 0.4) is 0 Å². The van der Waals surface area contributed by atoms with Gasteiger partial charge in [-0.25, -0.2) is 14.8 Å². The molecule has 2 heterocycles. The largest absolute Gasteiger partial charge is 0.480 e. The van der Waals surface area contributed by atoms with Crippen molar-refractivity contribution in [2.45, 2.75) is 70.4 Å². The van der Waals surface area contributed by atoms with Gasteiger partial charge in [-0.3, -0.25) is 4.79 Å². The Kier molecular flexibility index (Phi) is 6.05. The van der Waals surface area contributed by atoms with Crippen LogP contribution >= 0.6 is 0 Å². The number of rotatable bonds is 5. The van der Waals surface area contributed by atoms with E-state index in [1.54, 1.807) is 0 Å². The first kappa shape index (κ1) is 23.7. The second kappa shape index (κ2) is 8.70. The molecule has 0 radical (unpaired) electrons. The number of hydrogen-bond donors (Lipinski definition) is 3. The van der Waals surface area contributed by atoms with Crippen LogP contribution in [-0.4, -0.2) is 43.8 Å². The van der Waals surface area contributed by atoms with Crippen LogP contribution in [0.2, 0.25) is 0 Å². The molecule has 1 saturated carbocycles. The van der Waals surface area contributed by atoms with Crippen molar-refractivity contribution in [3.63, 3.8) is 0 Å². The average molecular weight is 466 g/mol. The molecule has 9 heteroatoms. The maximum absolute atomic E-state index is 12.5. The van der Waals surface area contributed by atoms with Crippen LogP contribution in [0.25, 0.3) is 0 Å². The Bertz CT molecular complexity index is 1130. The van der Waals surface area contributed by atoms with Crippen molar-refractivity contribution in [2.24, 2.45) is 10.9 Å². The molecule has 1 aromatic carbocycles. The van der Waals surface area contributed by atoms with Gasteiger partial charge in [-0.2, -0.15) is 4.98 Å². The van der Waals surface area contributed by atoms with Gasteiger partial charge in [0.15, 0.2) is 11.5 Å². The van der Waals surface area contributed by atoms with Crippen molar-refractivity contribution >= 4 is 29.1 Å². The summed E-state index contributed by atoms with van der Waals surface area (Å²) in [6, 6.07) is 8.29. The zero-order valence-electron chi connectivity index (χ0n) is 20.0. The molecule has 0 unspecified atom stereocenters. The molecular weight excluding hydrogens is 434 g/mol. The van der Waals surface area contributed by atoms with E-state index in [0.29, 0.717) is 17.5 Å². The number of carbonyl (C=O) groups excluding carboxylic acids is 1. The lowest BCUT2D eigenvalue weighted by atomic mass is 9.78. The number of carboxylic acid groups (broad SMARTS) is 1. The minimum absolute atomic E-state index is 0.156. The van der Waals surface area contributed by atoms with Gasteiger partial charge in [0.05, 0.1) is 5.71 Å². The normalized spacial score (nSPS) is 21.6. The molecule has 4 N–H and O–H groups in total. The van der Waals surface area contributed by atoms with Crippen LogP contribution < -0.4 is 15.8 Å². The quantitative estimate of drug-likeness (QED) is 0.613. The Morgan fingerprint density at radius 1 is 1.12 bits per heavy atom. The zero-order valence-corrected chi connectivity index (χ0v) is 20.0. The maximum atomic E-state index is 12.5. The number of nitrogen functional groups attached to an aromatic ring is 1. The molecule has 180 valence electrons. The summed E-state index contributed by atoms with van der Waals surface area (Å²) in [5, 5.41) is 11.9. The minimum Gasteiger partial charge on any atom is -0.480 e. The molecule has 0 bridgehead atoms. The molecule has 1 aromatic heterocycles. The number of nitrogens with one attached hydrogen (secondary N) is 1. The molecule has 9 nitrogen and oxygen atoms in total. The molecular formula is C25H31N5O4. The number of nitrogens with zero attached hydrogens (tertiary/aromatic N) is 3. The van der Waals surface area contributed by atoms with Crippen LogP contribution in [0.1, 0.15) is 70.4 Å². The number of hydrogen-bond acceptors (Lipinski definition) is 7. The predicted octanol–water partition coefficient (Wildman–Crippen LogP) is 3.60. The number of nitrogens with two attached hydrogens (primary N) is 1. The fraction of sp³-hybridized carbons (Fsp3) is 0.480. The lowest BCUT2D eigenvalue weighted by Crippen LogP contribution is -2.51. The van der Waals surface area contributed by atoms with E-state index in [0.717, 1.165) is 37.0 Å². The summed E-state index contributed by atoms with van der Waals surface area (Å²) in [4.78, 5) is 36.7. The first-order valence-electron chi connectivity index (χ1n) is 11.5. The number of anilines is 1. The van der Waals surface area contributed by atoms with Crippen LogP contribution in [-0.2, 0) is 9.59 Å².